The minimum absolute atomic E-state index is 0.0426. The van der Waals surface area contributed by atoms with Crippen molar-refractivity contribution in [1.82, 2.24) is 10.6 Å². The zero-order valence-electron chi connectivity index (χ0n) is 22.1. The van der Waals surface area contributed by atoms with E-state index in [9.17, 15) is 28.7 Å². The maximum absolute atomic E-state index is 13.9. The van der Waals surface area contributed by atoms with Crippen LogP contribution in [-0.2, 0) is 36.9 Å². The van der Waals surface area contributed by atoms with E-state index in [-0.39, 0.29) is 23.6 Å². The summed E-state index contributed by atoms with van der Waals surface area (Å²) in [6.45, 7) is 2.44. The van der Waals surface area contributed by atoms with Crippen molar-refractivity contribution in [2.45, 2.75) is 45.4 Å². The standard InChI is InChI=1S/C27H32ClFN2O8/c1-15(2)26(31-24(33)11-16-10-17(37-3)8-9-23(16)38-4)27(36)30-21(12-25(34)35)22(32)14-39-13-18-19(28)6-5-7-20(18)29/h5-10,15,21,26H,11-14H2,1-4H3,(H,30,36)(H,31,33)(H,34,35)/t21?,26-/m0/s1. The molecule has 0 radical (unpaired) electrons. The number of methoxy groups -OCH3 is 2. The Balaban J connectivity index is 2.07. The van der Waals surface area contributed by atoms with Crippen molar-refractivity contribution < 1.29 is 42.9 Å². The summed E-state index contributed by atoms with van der Waals surface area (Å²) < 4.78 is 29.7. The third-order valence-electron chi connectivity index (χ3n) is 5.74. The van der Waals surface area contributed by atoms with Crippen LogP contribution in [0.25, 0.3) is 0 Å². The smallest absolute Gasteiger partial charge is 0.305 e. The molecule has 0 spiro atoms. The summed E-state index contributed by atoms with van der Waals surface area (Å²) in [5.74, 6) is -3.36. The van der Waals surface area contributed by atoms with Crippen LogP contribution in [-0.4, -0.2) is 61.6 Å². The van der Waals surface area contributed by atoms with E-state index in [4.69, 9.17) is 25.8 Å². The largest absolute Gasteiger partial charge is 0.497 e. The van der Waals surface area contributed by atoms with Gasteiger partial charge in [0.25, 0.3) is 0 Å². The average molecular weight is 567 g/mol. The Morgan fingerprint density at radius 1 is 1.05 bits per heavy atom. The van der Waals surface area contributed by atoms with Crippen molar-refractivity contribution in [3.05, 3.63) is 58.4 Å². The van der Waals surface area contributed by atoms with Gasteiger partial charge in [0, 0.05) is 16.1 Å². The van der Waals surface area contributed by atoms with Crippen molar-refractivity contribution in [2.75, 3.05) is 20.8 Å². The summed E-state index contributed by atoms with van der Waals surface area (Å²) in [7, 11) is 2.95. The van der Waals surface area contributed by atoms with Gasteiger partial charge in [0.05, 0.1) is 33.7 Å². The van der Waals surface area contributed by atoms with E-state index >= 15 is 0 Å². The van der Waals surface area contributed by atoms with Crippen LogP contribution in [0.3, 0.4) is 0 Å². The number of carbonyl (C=O) groups is 4. The molecule has 2 aromatic carbocycles. The van der Waals surface area contributed by atoms with Gasteiger partial charge in [0.2, 0.25) is 11.8 Å². The Morgan fingerprint density at radius 3 is 2.36 bits per heavy atom. The van der Waals surface area contributed by atoms with E-state index in [0.717, 1.165) is 0 Å². The van der Waals surface area contributed by atoms with Crippen LogP contribution in [0.4, 0.5) is 4.39 Å². The van der Waals surface area contributed by atoms with Crippen molar-refractivity contribution in [1.29, 1.82) is 0 Å². The predicted molar refractivity (Wildman–Crippen MR) is 140 cm³/mol. The third-order valence-corrected chi connectivity index (χ3v) is 6.09. The Kier molecular flexibility index (Phi) is 12.1. The molecular formula is C27H32ClFN2O8. The zero-order valence-corrected chi connectivity index (χ0v) is 22.8. The number of nitrogens with one attached hydrogen (secondary N) is 2. The molecule has 3 N–H and O–H groups in total. The monoisotopic (exact) mass is 566 g/mol. The molecule has 0 saturated heterocycles. The number of carboxylic acids is 1. The van der Waals surface area contributed by atoms with Gasteiger partial charge in [-0.15, -0.1) is 0 Å². The molecular weight excluding hydrogens is 535 g/mol. The first-order valence-electron chi connectivity index (χ1n) is 12.0. The number of ketones is 1. The summed E-state index contributed by atoms with van der Waals surface area (Å²) in [4.78, 5) is 50.0. The first-order valence-corrected chi connectivity index (χ1v) is 12.4. The molecule has 12 heteroatoms. The van der Waals surface area contributed by atoms with Gasteiger partial charge in [-0.1, -0.05) is 31.5 Å². The van der Waals surface area contributed by atoms with E-state index in [0.29, 0.717) is 17.1 Å². The third kappa shape index (κ3) is 9.52. The number of Topliss-reactive ketones (excluding diaryl/α,β-unsaturated/α-hetero) is 1. The molecule has 0 aliphatic carbocycles. The molecule has 0 aromatic heterocycles. The SMILES string of the molecule is COc1ccc(OC)c(CC(=O)N[C@H](C(=O)NC(CC(=O)O)C(=O)COCc2c(F)cccc2Cl)C(C)C)c1. The number of aliphatic carboxylic acids is 1. The lowest BCUT2D eigenvalue weighted by molar-refractivity contribution is -0.141. The van der Waals surface area contributed by atoms with E-state index < -0.39 is 60.4 Å². The van der Waals surface area contributed by atoms with Crippen LogP contribution < -0.4 is 20.1 Å². The Morgan fingerprint density at radius 2 is 1.77 bits per heavy atom. The molecule has 0 bridgehead atoms. The minimum atomic E-state index is -1.44. The minimum Gasteiger partial charge on any atom is -0.497 e. The van der Waals surface area contributed by atoms with Crippen LogP contribution in [0.1, 0.15) is 31.4 Å². The van der Waals surface area contributed by atoms with Crippen LogP contribution in [0.2, 0.25) is 5.02 Å². The lowest BCUT2D eigenvalue weighted by atomic mass is 10.0. The van der Waals surface area contributed by atoms with Gasteiger partial charge >= 0.3 is 5.97 Å². The van der Waals surface area contributed by atoms with E-state index in [1.165, 1.54) is 32.4 Å². The normalized spacial score (nSPS) is 12.4. The van der Waals surface area contributed by atoms with E-state index in [2.05, 4.69) is 10.6 Å². The predicted octanol–water partition coefficient (Wildman–Crippen LogP) is 2.93. The summed E-state index contributed by atoms with van der Waals surface area (Å²) in [6, 6.07) is 6.52. The number of hydrogen-bond acceptors (Lipinski definition) is 7. The van der Waals surface area contributed by atoms with E-state index in [1.54, 1.807) is 32.0 Å². The number of halogens is 2. The first-order chi connectivity index (χ1) is 18.5. The molecule has 2 rings (SSSR count). The number of benzene rings is 2. The second-order valence-electron chi connectivity index (χ2n) is 8.96. The highest BCUT2D eigenvalue weighted by Crippen LogP contribution is 2.24. The molecule has 39 heavy (non-hydrogen) atoms. The second kappa shape index (κ2) is 15.0. The summed E-state index contributed by atoms with van der Waals surface area (Å²) >= 11 is 5.95. The molecule has 0 saturated carbocycles. The topological polar surface area (TPSA) is 140 Å². The number of amides is 2. The lowest BCUT2D eigenvalue weighted by Crippen LogP contribution is -2.54. The Hall–Kier alpha value is -3.70. The number of hydrogen-bond donors (Lipinski definition) is 3. The molecule has 212 valence electrons. The fourth-order valence-electron chi connectivity index (χ4n) is 3.66. The summed E-state index contributed by atoms with van der Waals surface area (Å²) in [6.07, 6.45) is -0.838. The Labute approximate surface area is 230 Å². The Bertz CT molecular complexity index is 1170. The number of carboxylic acid groups (broad SMARTS) is 1. The zero-order chi connectivity index (χ0) is 29.1. The van der Waals surface area contributed by atoms with Crippen LogP contribution in [0.5, 0.6) is 11.5 Å². The number of ether oxygens (including phenoxy) is 3. The molecule has 2 amide bonds. The van der Waals surface area contributed by atoms with Gasteiger partial charge in [0.15, 0.2) is 5.78 Å². The van der Waals surface area contributed by atoms with Gasteiger partial charge < -0.3 is 30.0 Å². The van der Waals surface area contributed by atoms with Gasteiger partial charge in [-0.25, -0.2) is 4.39 Å². The maximum Gasteiger partial charge on any atom is 0.305 e. The van der Waals surface area contributed by atoms with Crippen LogP contribution in [0, 0.1) is 11.7 Å². The average Bonchev–Trinajstić information content (AvgIpc) is 2.87. The van der Waals surface area contributed by atoms with Gasteiger partial charge in [-0.05, 0) is 36.2 Å². The molecule has 0 heterocycles. The van der Waals surface area contributed by atoms with Crippen LogP contribution >= 0.6 is 11.6 Å². The number of rotatable bonds is 15. The molecule has 0 fully saturated rings. The molecule has 1 unspecified atom stereocenters. The van der Waals surface area contributed by atoms with Crippen LogP contribution in [0.15, 0.2) is 36.4 Å². The van der Waals surface area contributed by atoms with Crippen molar-refractivity contribution in [3.8, 4) is 11.5 Å². The second-order valence-corrected chi connectivity index (χ2v) is 9.37. The van der Waals surface area contributed by atoms with Crippen molar-refractivity contribution >= 4 is 35.2 Å². The van der Waals surface area contributed by atoms with Crippen molar-refractivity contribution in [3.63, 3.8) is 0 Å². The first kappa shape index (κ1) is 31.5. The fraction of sp³-hybridized carbons (Fsp3) is 0.407. The molecule has 10 nitrogen and oxygen atoms in total. The highest BCUT2D eigenvalue weighted by molar-refractivity contribution is 6.31. The molecule has 0 aliphatic heterocycles. The number of carbonyl (C=O) groups excluding carboxylic acids is 3. The summed E-state index contributed by atoms with van der Waals surface area (Å²) in [5.41, 5.74) is 0.573. The van der Waals surface area contributed by atoms with Gasteiger partial charge in [0.1, 0.15) is 36.0 Å². The fourth-order valence-corrected chi connectivity index (χ4v) is 3.88. The molecule has 0 aliphatic rings. The highest BCUT2D eigenvalue weighted by atomic mass is 35.5. The highest BCUT2D eigenvalue weighted by Gasteiger charge is 2.30. The summed E-state index contributed by atoms with van der Waals surface area (Å²) in [5, 5.41) is 14.4. The van der Waals surface area contributed by atoms with Gasteiger partial charge in [-0.3, -0.25) is 19.2 Å². The quantitative estimate of drug-likeness (QED) is 0.299. The van der Waals surface area contributed by atoms with E-state index in [1.807, 2.05) is 0 Å². The lowest BCUT2D eigenvalue weighted by Gasteiger charge is -2.25. The van der Waals surface area contributed by atoms with Gasteiger partial charge in [-0.2, -0.15) is 0 Å². The molecule has 2 aromatic rings. The molecule has 2 atom stereocenters. The van der Waals surface area contributed by atoms with Crippen molar-refractivity contribution in [2.24, 2.45) is 5.92 Å². The maximum atomic E-state index is 13.9.